The Morgan fingerprint density at radius 3 is 2.67 bits per heavy atom. The van der Waals surface area contributed by atoms with Crippen LogP contribution >= 0.6 is 0 Å². The van der Waals surface area contributed by atoms with E-state index < -0.39 is 5.54 Å². The number of phenols is 1. The van der Waals surface area contributed by atoms with Gasteiger partial charge in [-0.2, -0.15) is 0 Å². The molecule has 3 N–H and O–H groups in total. The Balaban J connectivity index is 2.43. The molecule has 1 aromatic carbocycles. The van der Waals surface area contributed by atoms with E-state index in [-0.39, 0.29) is 5.75 Å². The topological polar surface area (TPSA) is 55.5 Å². The molecule has 0 bridgehead atoms. The highest BCUT2D eigenvalue weighted by atomic mass is 16.5. The molecule has 0 spiro atoms. The molecule has 0 aliphatic heterocycles. The van der Waals surface area contributed by atoms with Crippen LogP contribution in [0, 0.1) is 5.92 Å². The summed E-state index contributed by atoms with van der Waals surface area (Å²) in [5.74, 6) is 1.15. The zero-order valence-corrected chi connectivity index (χ0v) is 9.16. The normalized spacial score (nSPS) is 19.7. The van der Waals surface area contributed by atoms with Crippen LogP contribution in [0.3, 0.4) is 0 Å². The van der Waals surface area contributed by atoms with E-state index in [1.54, 1.807) is 13.2 Å². The van der Waals surface area contributed by atoms with Crippen LogP contribution in [0.5, 0.6) is 11.5 Å². The lowest BCUT2D eigenvalue weighted by molar-refractivity contribution is 0.349. The first-order chi connectivity index (χ1) is 7.07. The predicted octanol–water partition coefficient (Wildman–Crippen LogP) is 1.98. The average Bonchev–Trinajstić information content (AvgIpc) is 3.01. The van der Waals surface area contributed by atoms with Crippen LogP contribution in [0.25, 0.3) is 0 Å². The summed E-state index contributed by atoms with van der Waals surface area (Å²) in [5, 5.41) is 10.00. The number of hydrogen-bond donors (Lipinski definition) is 2. The van der Waals surface area contributed by atoms with Gasteiger partial charge in [-0.3, -0.25) is 0 Å². The molecule has 3 heteroatoms. The molecule has 82 valence electrons. The van der Waals surface area contributed by atoms with Gasteiger partial charge in [0.1, 0.15) is 0 Å². The van der Waals surface area contributed by atoms with Gasteiger partial charge in [0.2, 0.25) is 0 Å². The fourth-order valence-electron chi connectivity index (χ4n) is 2.02. The lowest BCUT2D eigenvalue weighted by atomic mass is 9.87. The number of methoxy groups -OCH3 is 1. The van der Waals surface area contributed by atoms with E-state index in [4.69, 9.17) is 10.5 Å². The number of ether oxygens (including phenoxy) is 1. The maximum atomic E-state index is 10.00. The van der Waals surface area contributed by atoms with Crippen LogP contribution in [0.4, 0.5) is 0 Å². The van der Waals surface area contributed by atoms with Gasteiger partial charge in [0.25, 0.3) is 0 Å². The van der Waals surface area contributed by atoms with Crippen LogP contribution in [0.2, 0.25) is 0 Å². The SMILES string of the molecule is COc1cccc(C(C)(N)C2CC2)c1O. The molecule has 0 radical (unpaired) electrons. The second-order valence-electron chi connectivity index (χ2n) is 4.41. The number of nitrogens with two attached hydrogens (primary N) is 1. The van der Waals surface area contributed by atoms with Crippen molar-refractivity contribution in [3.63, 3.8) is 0 Å². The molecule has 0 aromatic heterocycles. The number of rotatable bonds is 3. The minimum atomic E-state index is -0.446. The molecule has 1 aliphatic carbocycles. The molecular weight excluding hydrogens is 190 g/mol. The molecule has 1 aliphatic rings. The van der Waals surface area contributed by atoms with Gasteiger partial charge in [0, 0.05) is 11.1 Å². The van der Waals surface area contributed by atoms with Crippen LogP contribution in [0.1, 0.15) is 25.3 Å². The van der Waals surface area contributed by atoms with Crippen molar-refractivity contribution in [1.82, 2.24) is 0 Å². The Hall–Kier alpha value is -1.22. The molecule has 1 fully saturated rings. The van der Waals surface area contributed by atoms with Gasteiger partial charge in [-0.1, -0.05) is 12.1 Å². The van der Waals surface area contributed by atoms with E-state index in [2.05, 4.69) is 0 Å². The summed E-state index contributed by atoms with van der Waals surface area (Å²) in [6.45, 7) is 1.97. The van der Waals surface area contributed by atoms with Crippen LogP contribution in [-0.4, -0.2) is 12.2 Å². The van der Waals surface area contributed by atoms with Crippen molar-refractivity contribution >= 4 is 0 Å². The summed E-state index contributed by atoms with van der Waals surface area (Å²) in [7, 11) is 1.55. The van der Waals surface area contributed by atoms with Crippen LogP contribution in [-0.2, 0) is 5.54 Å². The third-order valence-electron chi connectivity index (χ3n) is 3.22. The molecule has 1 atom stereocenters. The van der Waals surface area contributed by atoms with Gasteiger partial charge >= 0.3 is 0 Å². The Morgan fingerprint density at radius 2 is 2.13 bits per heavy atom. The first-order valence-corrected chi connectivity index (χ1v) is 5.22. The molecule has 15 heavy (non-hydrogen) atoms. The fourth-order valence-corrected chi connectivity index (χ4v) is 2.02. The van der Waals surface area contributed by atoms with E-state index in [9.17, 15) is 5.11 Å². The minimum Gasteiger partial charge on any atom is -0.504 e. The van der Waals surface area contributed by atoms with Crippen molar-refractivity contribution in [3.05, 3.63) is 23.8 Å². The third-order valence-corrected chi connectivity index (χ3v) is 3.22. The predicted molar refractivity (Wildman–Crippen MR) is 58.9 cm³/mol. The number of phenolic OH excluding ortho intramolecular Hbond substituents is 1. The standard InChI is InChI=1S/C12H17NO2/c1-12(13,8-6-7-8)9-4-3-5-10(15-2)11(9)14/h3-5,8,14H,6-7,13H2,1-2H3. The van der Waals surface area contributed by atoms with E-state index in [0.717, 1.165) is 18.4 Å². The monoisotopic (exact) mass is 207 g/mol. The van der Waals surface area contributed by atoms with E-state index in [0.29, 0.717) is 11.7 Å². The molecule has 0 heterocycles. The summed E-state index contributed by atoms with van der Waals surface area (Å²) < 4.78 is 5.08. The third kappa shape index (κ3) is 1.67. The summed E-state index contributed by atoms with van der Waals surface area (Å²) in [5.41, 5.74) is 6.59. The van der Waals surface area contributed by atoms with Gasteiger partial charge in [-0.15, -0.1) is 0 Å². The molecule has 1 saturated carbocycles. The highest BCUT2D eigenvalue weighted by molar-refractivity contribution is 5.49. The van der Waals surface area contributed by atoms with Gasteiger partial charge < -0.3 is 15.6 Å². The van der Waals surface area contributed by atoms with Crippen molar-refractivity contribution in [3.8, 4) is 11.5 Å². The van der Waals surface area contributed by atoms with Crippen molar-refractivity contribution in [2.45, 2.75) is 25.3 Å². The number of para-hydroxylation sites is 1. The van der Waals surface area contributed by atoms with Gasteiger partial charge in [-0.25, -0.2) is 0 Å². The Morgan fingerprint density at radius 1 is 1.47 bits per heavy atom. The first kappa shape index (κ1) is 10.3. The Kier molecular flexibility index (Phi) is 2.35. The molecule has 3 nitrogen and oxygen atoms in total. The Labute approximate surface area is 89.9 Å². The minimum absolute atomic E-state index is 0.178. The lowest BCUT2D eigenvalue weighted by Crippen LogP contribution is -2.35. The zero-order chi connectivity index (χ0) is 11.1. The highest BCUT2D eigenvalue weighted by Crippen LogP contribution is 2.47. The molecule has 0 amide bonds. The molecular formula is C12H17NO2. The largest absolute Gasteiger partial charge is 0.504 e. The van der Waals surface area contributed by atoms with E-state index in [1.807, 2.05) is 19.1 Å². The molecule has 1 aromatic rings. The van der Waals surface area contributed by atoms with E-state index in [1.165, 1.54) is 0 Å². The van der Waals surface area contributed by atoms with Gasteiger partial charge in [0.05, 0.1) is 7.11 Å². The summed E-state index contributed by atoms with van der Waals surface area (Å²) in [6.07, 6.45) is 2.29. The van der Waals surface area contributed by atoms with E-state index >= 15 is 0 Å². The van der Waals surface area contributed by atoms with Gasteiger partial charge in [0.15, 0.2) is 11.5 Å². The quantitative estimate of drug-likeness (QED) is 0.796. The molecule has 2 rings (SSSR count). The maximum Gasteiger partial charge on any atom is 0.162 e. The van der Waals surface area contributed by atoms with Crippen molar-refractivity contribution in [2.75, 3.05) is 7.11 Å². The highest BCUT2D eigenvalue weighted by Gasteiger charge is 2.41. The second-order valence-corrected chi connectivity index (χ2v) is 4.41. The van der Waals surface area contributed by atoms with Crippen molar-refractivity contribution in [2.24, 2.45) is 11.7 Å². The smallest absolute Gasteiger partial charge is 0.162 e. The number of benzene rings is 1. The number of aromatic hydroxyl groups is 1. The summed E-state index contributed by atoms with van der Waals surface area (Å²) >= 11 is 0. The average molecular weight is 207 g/mol. The first-order valence-electron chi connectivity index (χ1n) is 5.22. The lowest BCUT2D eigenvalue weighted by Gasteiger charge is -2.26. The summed E-state index contributed by atoms with van der Waals surface area (Å²) in [4.78, 5) is 0. The molecule has 0 saturated heterocycles. The molecule has 1 unspecified atom stereocenters. The Bertz CT molecular complexity index is 370. The summed E-state index contributed by atoms with van der Waals surface area (Å²) in [6, 6.07) is 5.47. The van der Waals surface area contributed by atoms with Crippen molar-refractivity contribution < 1.29 is 9.84 Å². The maximum absolute atomic E-state index is 10.00. The van der Waals surface area contributed by atoms with Crippen molar-refractivity contribution in [1.29, 1.82) is 0 Å². The second kappa shape index (κ2) is 3.42. The van der Waals surface area contributed by atoms with Crippen LogP contribution < -0.4 is 10.5 Å². The van der Waals surface area contributed by atoms with Crippen LogP contribution in [0.15, 0.2) is 18.2 Å². The van der Waals surface area contributed by atoms with Gasteiger partial charge in [-0.05, 0) is 31.7 Å². The number of hydrogen-bond acceptors (Lipinski definition) is 3. The fraction of sp³-hybridized carbons (Fsp3) is 0.500. The zero-order valence-electron chi connectivity index (χ0n) is 9.16.